The number of nitrogens with one attached hydrogen (secondary N) is 1. The third-order valence-corrected chi connectivity index (χ3v) is 7.60. The summed E-state index contributed by atoms with van der Waals surface area (Å²) in [5.74, 6) is 0.913. The number of aryl methyl sites for hydroxylation is 1. The molecule has 4 rings (SSSR count). The van der Waals surface area contributed by atoms with Crippen molar-refractivity contribution < 1.29 is 13.2 Å². The van der Waals surface area contributed by atoms with E-state index < -0.39 is 10.0 Å². The van der Waals surface area contributed by atoms with Gasteiger partial charge in [-0.25, -0.2) is 8.42 Å². The van der Waals surface area contributed by atoms with E-state index >= 15 is 0 Å². The summed E-state index contributed by atoms with van der Waals surface area (Å²) < 4.78 is 27.4. The fourth-order valence-electron chi connectivity index (χ4n) is 4.04. The molecule has 0 saturated carbocycles. The number of likely N-dealkylation sites (tertiary alicyclic amines) is 1. The molecule has 2 atom stereocenters. The van der Waals surface area contributed by atoms with Gasteiger partial charge in [-0.15, -0.1) is 0 Å². The Balaban J connectivity index is 1.57. The summed E-state index contributed by atoms with van der Waals surface area (Å²) in [5, 5.41) is 3.36. The highest BCUT2D eigenvalue weighted by Crippen LogP contribution is 2.28. The van der Waals surface area contributed by atoms with Crippen LogP contribution in [-0.4, -0.2) is 52.5 Å². The van der Waals surface area contributed by atoms with E-state index in [1.807, 2.05) is 24.0 Å². The molecule has 2 aromatic rings. The van der Waals surface area contributed by atoms with Crippen LogP contribution >= 0.6 is 0 Å². The predicted molar refractivity (Wildman–Crippen MR) is 109 cm³/mol. The lowest BCUT2D eigenvalue weighted by Gasteiger charge is -2.21. The van der Waals surface area contributed by atoms with E-state index in [1.165, 1.54) is 17.4 Å². The maximum atomic E-state index is 13.1. The average Bonchev–Trinajstić information content (AvgIpc) is 3.30. The van der Waals surface area contributed by atoms with Gasteiger partial charge in [0.05, 0.1) is 10.6 Å². The van der Waals surface area contributed by atoms with Gasteiger partial charge in [0.2, 0.25) is 0 Å². The first-order chi connectivity index (χ1) is 13.4. The van der Waals surface area contributed by atoms with Crippen molar-refractivity contribution >= 4 is 21.6 Å². The molecule has 2 aromatic carbocycles. The first kappa shape index (κ1) is 19.0. The summed E-state index contributed by atoms with van der Waals surface area (Å²) in [6.07, 6.45) is 0. The Morgan fingerprint density at radius 2 is 1.71 bits per heavy atom. The number of carbonyl (C=O) groups excluding carboxylic acids is 1. The van der Waals surface area contributed by atoms with Crippen molar-refractivity contribution in [1.29, 1.82) is 0 Å². The van der Waals surface area contributed by atoms with Gasteiger partial charge in [-0.3, -0.25) is 9.10 Å². The molecule has 2 aliphatic rings. The second-order valence-electron chi connectivity index (χ2n) is 7.72. The molecule has 1 amide bonds. The largest absolute Gasteiger partial charge is 0.338 e. The maximum absolute atomic E-state index is 13.1. The van der Waals surface area contributed by atoms with Crippen LogP contribution in [0.25, 0.3) is 0 Å². The monoisotopic (exact) mass is 399 g/mol. The van der Waals surface area contributed by atoms with Gasteiger partial charge in [-0.2, -0.15) is 0 Å². The molecule has 2 fully saturated rings. The van der Waals surface area contributed by atoms with E-state index in [1.54, 1.807) is 30.3 Å². The molecule has 0 aromatic heterocycles. The van der Waals surface area contributed by atoms with Crippen LogP contribution in [0.1, 0.15) is 15.9 Å². The number of fused-ring (bicyclic) bond motifs is 1. The van der Waals surface area contributed by atoms with Crippen LogP contribution in [0, 0.1) is 18.8 Å². The average molecular weight is 400 g/mol. The standard InChI is InChI=1S/C21H25N3O3S/c1-15-6-8-19(9-7-15)23(2)28(26,27)20-5-3-4-16(10-20)21(25)24-13-17-11-22-12-18(17)14-24/h3-10,17-18,22H,11-14H2,1-2H3/t17-,18+. The van der Waals surface area contributed by atoms with Crippen LogP contribution in [0.5, 0.6) is 0 Å². The topological polar surface area (TPSA) is 69.7 Å². The number of benzene rings is 2. The van der Waals surface area contributed by atoms with Crippen molar-refractivity contribution in [3.05, 3.63) is 59.7 Å². The molecule has 0 radical (unpaired) electrons. The minimum Gasteiger partial charge on any atom is -0.338 e. The van der Waals surface area contributed by atoms with Gasteiger partial charge in [0.25, 0.3) is 15.9 Å². The molecule has 148 valence electrons. The molecule has 2 saturated heterocycles. The zero-order valence-electron chi connectivity index (χ0n) is 16.1. The summed E-state index contributed by atoms with van der Waals surface area (Å²) in [6.45, 7) is 5.32. The molecule has 7 heteroatoms. The number of nitrogens with zero attached hydrogens (tertiary/aromatic N) is 2. The zero-order chi connectivity index (χ0) is 19.9. The number of anilines is 1. The first-order valence-corrected chi connectivity index (χ1v) is 11.0. The summed E-state index contributed by atoms with van der Waals surface area (Å²) in [5.41, 5.74) is 2.07. The molecule has 6 nitrogen and oxygen atoms in total. The third kappa shape index (κ3) is 3.40. The van der Waals surface area contributed by atoms with E-state index in [-0.39, 0.29) is 10.8 Å². The highest BCUT2D eigenvalue weighted by molar-refractivity contribution is 7.92. The molecule has 0 unspecified atom stereocenters. The second-order valence-corrected chi connectivity index (χ2v) is 9.69. The number of carbonyl (C=O) groups is 1. The lowest BCUT2D eigenvalue weighted by molar-refractivity contribution is 0.0781. The van der Waals surface area contributed by atoms with E-state index in [2.05, 4.69) is 5.32 Å². The van der Waals surface area contributed by atoms with E-state index in [4.69, 9.17) is 0 Å². The molecule has 28 heavy (non-hydrogen) atoms. The van der Waals surface area contributed by atoms with Gasteiger partial charge in [0.15, 0.2) is 0 Å². The fraction of sp³-hybridized carbons (Fsp3) is 0.381. The van der Waals surface area contributed by atoms with Crippen molar-refractivity contribution in [2.24, 2.45) is 11.8 Å². The lowest BCUT2D eigenvalue weighted by Crippen LogP contribution is -2.32. The normalized spacial score (nSPS) is 21.6. The number of amides is 1. The molecule has 1 N–H and O–H groups in total. The van der Waals surface area contributed by atoms with Crippen molar-refractivity contribution in [1.82, 2.24) is 10.2 Å². The van der Waals surface area contributed by atoms with E-state index in [0.717, 1.165) is 31.7 Å². The number of hydrogen-bond acceptors (Lipinski definition) is 4. The predicted octanol–water partition coefficient (Wildman–Crippen LogP) is 2.11. The molecular weight excluding hydrogens is 374 g/mol. The van der Waals surface area contributed by atoms with Crippen LogP contribution in [0.15, 0.2) is 53.4 Å². The Morgan fingerprint density at radius 3 is 2.36 bits per heavy atom. The highest BCUT2D eigenvalue weighted by atomic mass is 32.2. The Labute approximate surface area is 166 Å². The Bertz CT molecular complexity index is 976. The summed E-state index contributed by atoms with van der Waals surface area (Å²) >= 11 is 0. The number of hydrogen-bond donors (Lipinski definition) is 1. The van der Waals surface area contributed by atoms with Crippen molar-refractivity contribution in [3.63, 3.8) is 0 Å². The smallest absolute Gasteiger partial charge is 0.264 e. The first-order valence-electron chi connectivity index (χ1n) is 9.52. The number of sulfonamides is 1. The molecule has 2 heterocycles. The van der Waals surface area contributed by atoms with Gasteiger partial charge >= 0.3 is 0 Å². The maximum Gasteiger partial charge on any atom is 0.264 e. The molecule has 0 aliphatic carbocycles. The Kier molecular flexibility index (Phi) is 4.89. The van der Waals surface area contributed by atoms with Crippen molar-refractivity contribution in [2.75, 3.05) is 37.5 Å². The Morgan fingerprint density at radius 1 is 1.07 bits per heavy atom. The summed E-state index contributed by atoms with van der Waals surface area (Å²) in [4.78, 5) is 14.9. The summed E-state index contributed by atoms with van der Waals surface area (Å²) in [6, 6.07) is 13.7. The molecule has 2 aliphatic heterocycles. The fourth-order valence-corrected chi connectivity index (χ4v) is 5.29. The van der Waals surface area contributed by atoms with Gasteiger partial charge in [-0.1, -0.05) is 23.8 Å². The van der Waals surface area contributed by atoms with Gasteiger partial charge in [0, 0.05) is 38.8 Å². The SMILES string of the molecule is Cc1ccc(N(C)S(=O)(=O)c2cccc(C(=O)N3C[C@H]4CNC[C@H]4C3)c2)cc1. The zero-order valence-corrected chi connectivity index (χ0v) is 16.9. The quantitative estimate of drug-likeness (QED) is 0.855. The van der Waals surface area contributed by atoms with Gasteiger partial charge in [-0.05, 0) is 49.1 Å². The van der Waals surface area contributed by atoms with Crippen LogP contribution in [0.3, 0.4) is 0 Å². The van der Waals surface area contributed by atoms with Crippen LogP contribution < -0.4 is 9.62 Å². The highest BCUT2D eigenvalue weighted by Gasteiger charge is 2.38. The van der Waals surface area contributed by atoms with Crippen molar-refractivity contribution in [3.8, 4) is 0 Å². The van der Waals surface area contributed by atoms with Gasteiger partial charge in [0.1, 0.15) is 0 Å². The van der Waals surface area contributed by atoms with Crippen LogP contribution in [0.4, 0.5) is 5.69 Å². The van der Waals surface area contributed by atoms with E-state index in [0.29, 0.717) is 23.1 Å². The van der Waals surface area contributed by atoms with Crippen molar-refractivity contribution in [2.45, 2.75) is 11.8 Å². The van der Waals surface area contributed by atoms with Crippen LogP contribution in [-0.2, 0) is 10.0 Å². The van der Waals surface area contributed by atoms with Crippen LogP contribution in [0.2, 0.25) is 0 Å². The Hall–Kier alpha value is -2.38. The van der Waals surface area contributed by atoms with Gasteiger partial charge < -0.3 is 10.2 Å². The second kappa shape index (κ2) is 7.22. The number of rotatable bonds is 4. The summed E-state index contributed by atoms with van der Waals surface area (Å²) in [7, 11) is -2.22. The molecule has 0 spiro atoms. The van der Waals surface area contributed by atoms with E-state index in [9.17, 15) is 13.2 Å². The minimum absolute atomic E-state index is 0.0931. The lowest BCUT2D eigenvalue weighted by atomic mass is 10.0. The third-order valence-electron chi connectivity index (χ3n) is 5.81. The minimum atomic E-state index is -3.75. The molecular formula is C21H25N3O3S. The molecule has 0 bridgehead atoms.